The molecule has 1 aliphatic heterocycles. The maximum Gasteiger partial charge on any atom is 0.224 e. The van der Waals surface area contributed by atoms with Gasteiger partial charge in [0.15, 0.2) is 0 Å². The van der Waals surface area contributed by atoms with Crippen molar-refractivity contribution in [3.63, 3.8) is 0 Å². The van der Waals surface area contributed by atoms with E-state index in [1.54, 1.807) is 11.1 Å². The maximum absolute atomic E-state index is 12.7. The molecule has 1 N–H and O–H groups in total. The number of imidazole rings is 1. The van der Waals surface area contributed by atoms with Gasteiger partial charge in [-0.1, -0.05) is 25.1 Å². The van der Waals surface area contributed by atoms with Gasteiger partial charge in [-0.15, -0.1) is 0 Å². The lowest BCUT2D eigenvalue weighted by atomic mass is 9.94. The van der Waals surface area contributed by atoms with E-state index in [0.29, 0.717) is 26.1 Å². The van der Waals surface area contributed by atoms with E-state index < -0.39 is 6.10 Å². The van der Waals surface area contributed by atoms with Gasteiger partial charge in [0.1, 0.15) is 5.82 Å². The second kappa shape index (κ2) is 8.10. The molecule has 0 radical (unpaired) electrons. The van der Waals surface area contributed by atoms with Crippen LogP contribution in [0.1, 0.15) is 24.7 Å². The molecule has 1 amide bonds. The predicted octanol–water partition coefficient (Wildman–Crippen LogP) is 2.45. The molecule has 6 nitrogen and oxygen atoms in total. The van der Waals surface area contributed by atoms with E-state index in [-0.39, 0.29) is 11.8 Å². The number of hydrogen-bond donors (Lipinski definition) is 1. The van der Waals surface area contributed by atoms with Crippen LogP contribution in [-0.2, 0) is 24.2 Å². The standard InChI is InChI=1S/C22H26N4O2/c1-2-21-24-10-12-25(21)11-8-22(28)26-14-17(20(27)15-26)13-16-7-9-23-19-6-4-3-5-18(16)19/h3-7,9-10,12,17,20,27H,2,8,11,13-15H2,1H3/t17-,20-/m1/s1. The minimum atomic E-state index is -0.490. The summed E-state index contributed by atoms with van der Waals surface area (Å²) in [5.41, 5.74) is 2.14. The minimum Gasteiger partial charge on any atom is -0.391 e. The molecule has 0 saturated carbocycles. The number of carbonyl (C=O) groups excluding carboxylic acids is 1. The smallest absolute Gasteiger partial charge is 0.224 e. The van der Waals surface area contributed by atoms with Crippen LogP contribution in [0.5, 0.6) is 0 Å². The molecule has 0 spiro atoms. The number of benzene rings is 1. The number of amides is 1. The van der Waals surface area contributed by atoms with Crippen molar-refractivity contribution in [2.75, 3.05) is 13.1 Å². The highest BCUT2D eigenvalue weighted by Crippen LogP contribution is 2.25. The zero-order valence-electron chi connectivity index (χ0n) is 16.2. The van der Waals surface area contributed by atoms with E-state index in [1.165, 1.54) is 5.56 Å². The van der Waals surface area contributed by atoms with Crippen molar-refractivity contribution in [3.8, 4) is 0 Å². The largest absolute Gasteiger partial charge is 0.391 e. The number of carbonyl (C=O) groups is 1. The molecule has 2 aromatic heterocycles. The van der Waals surface area contributed by atoms with E-state index in [1.807, 2.05) is 41.2 Å². The topological polar surface area (TPSA) is 71.2 Å². The van der Waals surface area contributed by atoms with Gasteiger partial charge in [0.2, 0.25) is 5.91 Å². The molecule has 4 rings (SSSR count). The summed E-state index contributed by atoms with van der Waals surface area (Å²) in [6.07, 6.45) is 7.05. The van der Waals surface area contributed by atoms with Crippen molar-refractivity contribution >= 4 is 16.8 Å². The number of rotatable bonds is 6. The van der Waals surface area contributed by atoms with E-state index in [0.717, 1.165) is 29.6 Å². The van der Waals surface area contributed by atoms with E-state index in [2.05, 4.69) is 23.0 Å². The van der Waals surface area contributed by atoms with Crippen LogP contribution in [0.15, 0.2) is 48.9 Å². The summed E-state index contributed by atoms with van der Waals surface area (Å²) in [7, 11) is 0. The number of pyridine rings is 1. The fourth-order valence-corrected chi connectivity index (χ4v) is 4.11. The molecule has 1 aliphatic rings. The van der Waals surface area contributed by atoms with E-state index in [4.69, 9.17) is 0 Å². The van der Waals surface area contributed by atoms with Crippen molar-refractivity contribution in [3.05, 3.63) is 60.3 Å². The number of fused-ring (bicyclic) bond motifs is 1. The highest BCUT2D eigenvalue weighted by molar-refractivity contribution is 5.82. The molecular weight excluding hydrogens is 352 g/mol. The Hall–Kier alpha value is -2.73. The van der Waals surface area contributed by atoms with Crippen LogP contribution in [0.3, 0.4) is 0 Å². The van der Waals surface area contributed by atoms with Crippen LogP contribution in [0.25, 0.3) is 10.9 Å². The Morgan fingerprint density at radius 3 is 2.89 bits per heavy atom. The Kier molecular flexibility index (Phi) is 5.39. The van der Waals surface area contributed by atoms with E-state index in [9.17, 15) is 9.90 Å². The van der Waals surface area contributed by atoms with Gasteiger partial charge in [0.05, 0.1) is 11.6 Å². The monoisotopic (exact) mass is 378 g/mol. The first-order valence-corrected chi connectivity index (χ1v) is 9.94. The summed E-state index contributed by atoms with van der Waals surface area (Å²) in [5, 5.41) is 11.7. The number of aryl methyl sites for hydroxylation is 2. The second-order valence-corrected chi connectivity index (χ2v) is 7.46. The average molecular weight is 378 g/mol. The van der Waals surface area contributed by atoms with Gasteiger partial charge in [-0.2, -0.15) is 0 Å². The first-order valence-electron chi connectivity index (χ1n) is 9.94. The first-order chi connectivity index (χ1) is 13.7. The Morgan fingerprint density at radius 1 is 1.18 bits per heavy atom. The molecule has 1 fully saturated rings. The molecule has 6 heteroatoms. The molecule has 0 unspecified atom stereocenters. The summed E-state index contributed by atoms with van der Waals surface area (Å²) in [6.45, 7) is 3.71. The number of aliphatic hydroxyl groups excluding tert-OH is 1. The number of β-amino-alcohol motifs (C(OH)–C–C–N with tert-alkyl or cyclic N) is 1. The molecule has 1 aromatic carbocycles. The lowest BCUT2D eigenvalue weighted by Crippen LogP contribution is -2.30. The molecule has 0 bridgehead atoms. The average Bonchev–Trinajstić information content (AvgIpc) is 3.33. The normalized spacial score (nSPS) is 19.4. The van der Waals surface area contributed by atoms with Crippen LogP contribution in [0.2, 0.25) is 0 Å². The summed E-state index contributed by atoms with van der Waals surface area (Å²) in [5.74, 6) is 1.14. The number of aliphatic hydroxyl groups is 1. The molecule has 3 aromatic rings. The Labute approximate surface area is 164 Å². The van der Waals surface area contributed by atoms with Crippen LogP contribution in [0, 0.1) is 5.92 Å². The summed E-state index contributed by atoms with van der Waals surface area (Å²) >= 11 is 0. The minimum absolute atomic E-state index is 0.0502. The lowest BCUT2D eigenvalue weighted by molar-refractivity contribution is -0.130. The molecule has 1 saturated heterocycles. The molecule has 2 atom stereocenters. The van der Waals surface area contributed by atoms with Crippen LogP contribution in [0.4, 0.5) is 0 Å². The highest BCUT2D eigenvalue weighted by Gasteiger charge is 2.34. The van der Waals surface area contributed by atoms with Gasteiger partial charge in [0, 0.05) is 62.4 Å². The van der Waals surface area contributed by atoms with Gasteiger partial charge in [-0.05, 0) is 24.1 Å². The zero-order valence-corrected chi connectivity index (χ0v) is 16.2. The molecular formula is C22H26N4O2. The summed E-state index contributed by atoms with van der Waals surface area (Å²) in [6, 6.07) is 10.1. The second-order valence-electron chi connectivity index (χ2n) is 7.46. The SMILES string of the molecule is CCc1nccn1CCC(=O)N1C[C@@H](Cc2ccnc3ccccc23)[C@H](O)C1. The Bertz CT molecular complexity index is 963. The zero-order chi connectivity index (χ0) is 19.5. The van der Waals surface area contributed by atoms with Crippen molar-refractivity contribution in [2.24, 2.45) is 5.92 Å². The summed E-state index contributed by atoms with van der Waals surface area (Å²) in [4.78, 5) is 23.2. The number of aromatic nitrogens is 3. The van der Waals surface area contributed by atoms with Crippen molar-refractivity contribution in [1.82, 2.24) is 19.4 Å². The number of nitrogens with zero attached hydrogens (tertiary/aromatic N) is 4. The number of hydrogen-bond acceptors (Lipinski definition) is 4. The third-order valence-electron chi connectivity index (χ3n) is 5.67. The fraction of sp³-hybridized carbons (Fsp3) is 0.409. The molecule has 28 heavy (non-hydrogen) atoms. The van der Waals surface area contributed by atoms with Gasteiger partial charge in [-0.25, -0.2) is 4.98 Å². The van der Waals surface area contributed by atoms with Crippen molar-refractivity contribution in [1.29, 1.82) is 0 Å². The van der Waals surface area contributed by atoms with Gasteiger partial charge in [0.25, 0.3) is 0 Å². The predicted molar refractivity (Wildman–Crippen MR) is 108 cm³/mol. The van der Waals surface area contributed by atoms with Crippen LogP contribution in [-0.4, -0.2) is 49.6 Å². The third-order valence-corrected chi connectivity index (χ3v) is 5.67. The van der Waals surface area contributed by atoms with Crippen LogP contribution < -0.4 is 0 Å². The Balaban J connectivity index is 1.39. The number of para-hydroxylation sites is 1. The van der Waals surface area contributed by atoms with Crippen LogP contribution >= 0.6 is 0 Å². The van der Waals surface area contributed by atoms with Crippen molar-refractivity contribution < 1.29 is 9.90 Å². The lowest BCUT2D eigenvalue weighted by Gasteiger charge is -2.17. The van der Waals surface area contributed by atoms with Gasteiger partial charge >= 0.3 is 0 Å². The first kappa shape index (κ1) is 18.6. The highest BCUT2D eigenvalue weighted by atomic mass is 16.3. The Morgan fingerprint density at radius 2 is 2.04 bits per heavy atom. The third kappa shape index (κ3) is 3.78. The van der Waals surface area contributed by atoms with Crippen molar-refractivity contribution in [2.45, 2.75) is 38.8 Å². The van der Waals surface area contributed by atoms with E-state index >= 15 is 0 Å². The molecule has 0 aliphatic carbocycles. The number of likely N-dealkylation sites (tertiary alicyclic amines) is 1. The van der Waals surface area contributed by atoms with Gasteiger partial charge in [-0.3, -0.25) is 9.78 Å². The fourth-order valence-electron chi connectivity index (χ4n) is 4.11. The summed E-state index contributed by atoms with van der Waals surface area (Å²) < 4.78 is 2.03. The molecule has 146 valence electrons. The molecule has 3 heterocycles. The van der Waals surface area contributed by atoms with Gasteiger partial charge < -0.3 is 14.6 Å². The maximum atomic E-state index is 12.7. The quantitative estimate of drug-likeness (QED) is 0.715.